The van der Waals surface area contributed by atoms with E-state index < -0.39 is 23.4 Å². The molecule has 0 unspecified atom stereocenters. The van der Waals surface area contributed by atoms with Crippen molar-refractivity contribution in [2.45, 2.75) is 6.92 Å². The monoisotopic (exact) mass is 392 g/mol. The van der Waals surface area contributed by atoms with E-state index in [0.29, 0.717) is 10.2 Å². The number of ether oxygens (including phenoxy) is 1. The highest BCUT2D eigenvalue weighted by atomic mass is 79.9. The van der Waals surface area contributed by atoms with Crippen molar-refractivity contribution in [1.82, 2.24) is 0 Å². The Morgan fingerprint density at radius 1 is 1.21 bits per heavy atom. The van der Waals surface area contributed by atoms with Crippen LogP contribution in [0.25, 0.3) is 0 Å². The summed E-state index contributed by atoms with van der Waals surface area (Å²) < 4.78 is 5.62. The van der Waals surface area contributed by atoms with Gasteiger partial charge < -0.3 is 10.1 Å². The molecule has 0 saturated carbocycles. The Bertz CT molecular complexity index is 807. The van der Waals surface area contributed by atoms with Crippen LogP contribution in [0.5, 0.6) is 0 Å². The summed E-state index contributed by atoms with van der Waals surface area (Å²) in [5, 5.41) is 13.5. The number of carbonyl (C=O) groups is 2. The molecule has 0 aromatic heterocycles. The van der Waals surface area contributed by atoms with Gasteiger partial charge in [-0.1, -0.05) is 18.2 Å². The molecule has 2 aromatic rings. The first kappa shape index (κ1) is 17.6. The van der Waals surface area contributed by atoms with E-state index in [1.807, 2.05) is 0 Å². The minimum absolute atomic E-state index is 0.0536. The maximum absolute atomic E-state index is 12.0. The Kier molecular flexibility index (Phi) is 5.64. The van der Waals surface area contributed by atoms with Crippen LogP contribution in [0.4, 0.5) is 11.4 Å². The normalized spacial score (nSPS) is 10.1. The Labute approximate surface area is 145 Å². The molecule has 0 aliphatic carbocycles. The van der Waals surface area contributed by atoms with E-state index in [0.717, 1.165) is 0 Å². The van der Waals surface area contributed by atoms with Crippen molar-refractivity contribution in [2.75, 3.05) is 11.9 Å². The van der Waals surface area contributed by atoms with Gasteiger partial charge in [0.2, 0.25) is 0 Å². The Morgan fingerprint density at radius 2 is 1.92 bits per heavy atom. The first-order valence-corrected chi connectivity index (χ1v) is 7.65. The Morgan fingerprint density at radius 3 is 2.58 bits per heavy atom. The molecule has 2 aromatic carbocycles. The van der Waals surface area contributed by atoms with Crippen LogP contribution in [0, 0.1) is 17.0 Å². The second kappa shape index (κ2) is 7.69. The topological polar surface area (TPSA) is 98.5 Å². The summed E-state index contributed by atoms with van der Waals surface area (Å²) in [5.74, 6) is -1.31. The molecule has 0 aliphatic heterocycles. The van der Waals surface area contributed by atoms with Crippen LogP contribution in [0.2, 0.25) is 0 Å². The molecule has 1 amide bonds. The minimum Gasteiger partial charge on any atom is -0.452 e. The van der Waals surface area contributed by atoms with E-state index in [-0.39, 0.29) is 16.8 Å². The van der Waals surface area contributed by atoms with Gasteiger partial charge in [0.05, 0.1) is 16.2 Å². The minimum atomic E-state index is -0.793. The van der Waals surface area contributed by atoms with Gasteiger partial charge in [-0.3, -0.25) is 14.9 Å². The molecule has 1 N–H and O–H groups in total. The third-order valence-electron chi connectivity index (χ3n) is 3.20. The molecule has 24 heavy (non-hydrogen) atoms. The fourth-order valence-electron chi connectivity index (χ4n) is 2.00. The molecule has 124 valence electrons. The van der Waals surface area contributed by atoms with Gasteiger partial charge in [0.25, 0.3) is 11.6 Å². The van der Waals surface area contributed by atoms with Crippen molar-refractivity contribution >= 4 is 39.2 Å². The Balaban J connectivity index is 2.01. The molecule has 7 nitrogen and oxygen atoms in total. The van der Waals surface area contributed by atoms with Gasteiger partial charge in [0, 0.05) is 16.1 Å². The van der Waals surface area contributed by atoms with Gasteiger partial charge in [-0.25, -0.2) is 4.79 Å². The lowest BCUT2D eigenvalue weighted by Crippen LogP contribution is -2.21. The molecule has 0 radical (unpaired) electrons. The van der Waals surface area contributed by atoms with Crippen LogP contribution in [-0.4, -0.2) is 23.4 Å². The first-order chi connectivity index (χ1) is 11.4. The molecular weight excluding hydrogens is 380 g/mol. The maximum Gasteiger partial charge on any atom is 0.339 e. The fourth-order valence-corrected chi connectivity index (χ4v) is 2.38. The van der Waals surface area contributed by atoms with Crippen LogP contribution in [-0.2, 0) is 9.53 Å². The summed E-state index contributed by atoms with van der Waals surface area (Å²) >= 11 is 3.29. The smallest absolute Gasteiger partial charge is 0.339 e. The van der Waals surface area contributed by atoms with Gasteiger partial charge in [-0.2, -0.15) is 0 Å². The number of esters is 1. The van der Waals surface area contributed by atoms with E-state index in [2.05, 4.69) is 21.2 Å². The number of rotatable bonds is 5. The van der Waals surface area contributed by atoms with Crippen molar-refractivity contribution in [1.29, 1.82) is 0 Å². The number of nitro benzene ring substituents is 1. The molecule has 0 saturated heterocycles. The van der Waals surface area contributed by atoms with Crippen LogP contribution < -0.4 is 5.32 Å². The second-order valence-corrected chi connectivity index (χ2v) is 5.67. The third-order valence-corrected chi connectivity index (χ3v) is 3.90. The van der Waals surface area contributed by atoms with Crippen molar-refractivity contribution in [3.05, 3.63) is 68.2 Å². The van der Waals surface area contributed by atoms with E-state index in [1.165, 1.54) is 25.1 Å². The summed E-state index contributed by atoms with van der Waals surface area (Å²) in [6.07, 6.45) is 0. The lowest BCUT2D eigenvalue weighted by Gasteiger charge is -2.09. The Hall–Kier alpha value is -2.74. The van der Waals surface area contributed by atoms with Crippen LogP contribution in [0.3, 0.4) is 0 Å². The number of hydrogen-bond donors (Lipinski definition) is 1. The zero-order valence-electron chi connectivity index (χ0n) is 12.6. The van der Waals surface area contributed by atoms with Gasteiger partial charge >= 0.3 is 5.97 Å². The molecular formula is C16H13BrN2O5. The standard InChI is InChI=1S/C16H13BrN2O5/c1-10-11(5-4-8-14(10)19(22)23)16(21)24-9-15(20)18-13-7-3-2-6-12(13)17/h2-8H,9H2,1H3,(H,18,20). The predicted octanol–water partition coefficient (Wildman–Crippen LogP) is 3.46. The number of nitro groups is 1. The van der Waals surface area contributed by atoms with Crippen LogP contribution in [0.15, 0.2) is 46.9 Å². The number of hydrogen-bond acceptors (Lipinski definition) is 5. The highest BCUT2D eigenvalue weighted by molar-refractivity contribution is 9.10. The van der Waals surface area contributed by atoms with E-state index in [4.69, 9.17) is 4.74 Å². The number of nitrogens with zero attached hydrogens (tertiary/aromatic N) is 1. The fraction of sp³-hybridized carbons (Fsp3) is 0.125. The zero-order chi connectivity index (χ0) is 17.7. The predicted molar refractivity (Wildman–Crippen MR) is 90.9 cm³/mol. The molecule has 2 rings (SSSR count). The molecule has 8 heteroatoms. The third kappa shape index (κ3) is 4.17. The van der Waals surface area contributed by atoms with Gasteiger partial charge in [0.15, 0.2) is 6.61 Å². The highest BCUT2D eigenvalue weighted by Gasteiger charge is 2.19. The number of benzene rings is 2. The molecule has 0 fully saturated rings. The highest BCUT2D eigenvalue weighted by Crippen LogP contribution is 2.22. The number of anilines is 1. The van der Waals surface area contributed by atoms with E-state index >= 15 is 0 Å². The van der Waals surface area contributed by atoms with Crippen molar-refractivity contribution < 1.29 is 19.2 Å². The molecule has 0 atom stereocenters. The van der Waals surface area contributed by atoms with Gasteiger partial charge in [-0.05, 0) is 41.1 Å². The van der Waals surface area contributed by atoms with Crippen molar-refractivity contribution in [3.8, 4) is 0 Å². The molecule has 0 heterocycles. The first-order valence-electron chi connectivity index (χ1n) is 6.85. The maximum atomic E-state index is 12.0. The average molecular weight is 393 g/mol. The largest absolute Gasteiger partial charge is 0.452 e. The van der Waals surface area contributed by atoms with Gasteiger partial charge in [-0.15, -0.1) is 0 Å². The number of para-hydroxylation sites is 1. The number of amides is 1. The average Bonchev–Trinajstić information content (AvgIpc) is 2.54. The van der Waals surface area contributed by atoms with E-state index in [1.54, 1.807) is 24.3 Å². The van der Waals surface area contributed by atoms with Crippen LogP contribution >= 0.6 is 15.9 Å². The molecule has 0 aliphatic rings. The summed E-state index contributed by atoms with van der Waals surface area (Å²) in [6.45, 7) is 0.957. The van der Waals surface area contributed by atoms with E-state index in [9.17, 15) is 19.7 Å². The van der Waals surface area contributed by atoms with Gasteiger partial charge in [0.1, 0.15) is 0 Å². The second-order valence-electron chi connectivity index (χ2n) is 4.81. The SMILES string of the molecule is Cc1c(C(=O)OCC(=O)Nc2ccccc2Br)cccc1[N+](=O)[O-]. The molecule has 0 spiro atoms. The quantitative estimate of drug-likeness (QED) is 0.477. The van der Waals surface area contributed by atoms with Crippen molar-refractivity contribution in [3.63, 3.8) is 0 Å². The lowest BCUT2D eigenvalue weighted by molar-refractivity contribution is -0.385. The summed E-state index contributed by atoms with van der Waals surface area (Å²) in [6, 6.07) is 11.1. The molecule has 0 bridgehead atoms. The summed E-state index contributed by atoms with van der Waals surface area (Å²) in [7, 11) is 0. The van der Waals surface area contributed by atoms with Crippen LogP contribution in [0.1, 0.15) is 15.9 Å². The van der Waals surface area contributed by atoms with Crippen molar-refractivity contribution in [2.24, 2.45) is 0 Å². The summed E-state index contributed by atoms with van der Waals surface area (Å²) in [4.78, 5) is 34.2. The lowest BCUT2D eigenvalue weighted by atomic mass is 10.1. The number of nitrogens with one attached hydrogen (secondary N) is 1. The number of carbonyl (C=O) groups excluding carboxylic acids is 2. The zero-order valence-corrected chi connectivity index (χ0v) is 14.2. The number of halogens is 1. The summed E-state index contributed by atoms with van der Waals surface area (Å²) in [5.41, 5.74) is 0.615.